The molecule has 2 fully saturated rings. The second-order valence-electron chi connectivity index (χ2n) is 17.1. The minimum atomic E-state index is -1.31. The number of hydrogen-bond acceptors (Lipinski definition) is 18. The molecule has 4 heterocycles. The van der Waals surface area contributed by atoms with Gasteiger partial charge in [-0.1, -0.05) is 107 Å². The maximum atomic E-state index is 13.5. The first-order valence-electron chi connectivity index (χ1n) is 23.5. The number of esters is 4. The van der Waals surface area contributed by atoms with Crippen LogP contribution in [0.25, 0.3) is 20.9 Å². The van der Waals surface area contributed by atoms with Crippen molar-refractivity contribution >= 4 is 23.9 Å². The van der Waals surface area contributed by atoms with E-state index in [1.54, 1.807) is 157 Å². The highest BCUT2D eigenvalue weighted by molar-refractivity contribution is 5.91. The van der Waals surface area contributed by atoms with Gasteiger partial charge in [0.1, 0.15) is 29.7 Å². The lowest BCUT2D eigenvalue weighted by molar-refractivity contribution is -0.283. The number of rotatable bonds is 21. The van der Waals surface area contributed by atoms with Crippen LogP contribution in [0.15, 0.2) is 144 Å². The Kier molecular flexibility index (Phi) is 17.7. The van der Waals surface area contributed by atoms with Gasteiger partial charge in [-0.05, 0) is 59.6 Å². The first kappa shape index (κ1) is 51.8. The van der Waals surface area contributed by atoms with Crippen molar-refractivity contribution in [2.75, 3.05) is 13.1 Å². The van der Waals surface area contributed by atoms with Crippen molar-refractivity contribution in [2.24, 2.45) is 22.1 Å². The minimum absolute atomic E-state index is 0.0957. The third-order valence-electron chi connectivity index (χ3n) is 12.1. The standard InChI is InChI=1S/C50H50N12O12/c1-31-39(25-53-57-51)69-50(44(74-48(66)36-21-13-6-14-22-36)41(31)71-45(63)33-15-7-3-8-16-33)68-30-38-28-62(60-56-38)24-23-61-27-37(55-59-61)29-67-49-32(2)42(72-46(64)34-17-9-4-10-18-34)43(40(70-49)26-54-58-52)73-47(65)35-19-11-5-12-20-35/h3-22,27-28,31-32,39-44,49-50H,23-26,29-30H2,1-2H3/t31-,32-,39-,40+,41+,42+,43+,44+,49+,50-/m1/s1. The first-order chi connectivity index (χ1) is 36.1. The van der Waals surface area contributed by atoms with E-state index in [-0.39, 0.29) is 48.6 Å². The Morgan fingerprint density at radius 3 is 1.31 bits per heavy atom. The molecule has 0 amide bonds. The average molecular weight is 1010 g/mol. The first-order valence-corrected chi connectivity index (χ1v) is 23.5. The van der Waals surface area contributed by atoms with E-state index in [2.05, 4.69) is 40.7 Å². The summed E-state index contributed by atoms with van der Waals surface area (Å²) in [6.07, 6.45) is -5.54. The summed E-state index contributed by atoms with van der Waals surface area (Å²) < 4.78 is 52.0. The third-order valence-corrected chi connectivity index (χ3v) is 12.1. The van der Waals surface area contributed by atoms with Crippen molar-refractivity contribution in [3.05, 3.63) is 188 Å². The van der Waals surface area contributed by atoms with E-state index in [0.717, 1.165) is 0 Å². The van der Waals surface area contributed by atoms with Gasteiger partial charge in [-0.3, -0.25) is 9.36 Å². The fourth-order valence-electron chi connectivity index (χ4n) is 8.24. The van der Waals surface area contributed by atoms with Gasteiger partial charge in [0, 0.05) is 21.7 Å². The lowest BCUT2D eigenvalue weighted by Gasteiger charge is -2.44. The molecule has 0 saturated carbocycles. The van der Waals surface area contributed by atoms with Crippen molar-refractivity contribution < 1.29 is 57.1 Å². The van der Waals surface area contributed by atoms with E-state index in [1.165, 1.54) is 0 Å². The maximum Gasteiger partial charge on any atom is 0.338 e. The minimum Gasteiger partial charge on any atom is -0.454 e. The van der Waals surface area contributed by atoms with Crippen LogP contribution in [0, 0.1) is 11.8 Å². The van der Waals surface area contributed by atoms with Gasteiger partial charge in [0.05, 0.1) is 80.1 Å². The number of aromatic nitrogens is 6. The van der Waals surface area contributed by atoms with Crippen LogP contribution in [0.1, 0.15) is 66.7 Å². The molecule has 0 N–H and O–H groups in total. The molecule has 10 atom stereocenters. The summed E-state index contributed by atoms with van der Waals surface area (Å²) in [6.45, 7) is 3.37. The molecule has 0 unspecified atom stereocenters. The molecule has 0 radical (unpaired) electrons. The van der Waals surface area contributed by atoms with Crippen LogP contribution >= 0.6 is 0 Å². The molecule has 2 saturated heterocycles. The molecule has 4 aromatic carbocycles. The number of ether oxygens (including phenoxy) is 8. The summed E-state index contributed by atoms with van der Waals surface area (Å²) in [5.41, 5.74) is 20.2. The summed E-state index contributed by atoms with van der Waals surface area (Å²) in [7, 11) is 0. The second-order valence-corrected chi connectivity index (χ2v) is 17.1. The van der Waals surface area contributed by atoms with Crippen LogP contribution in [0.5, 0.6) is 0 Å². The molecule has 8 rings (SSSR count). The number of benzene rings is 4. The molecular formula is C50H50N12O12. The zero-order valence-corrected chi connectivity index (χ0v) is 40.0. The molecular weight excluding hydrogens is 961 g/mol. The number of azide groups is 2. The van der Waals surface area contributed by atoms with E-state index in [9.17, 15) is 24.7 Å². The van der Waals surface area contributed by atoms with Crippen LogP contribution < -0.4 is 0 Å². The summed E-state index contributed by atoms with van der Waals surface area (Å²) in [4.78, 5) is 59.4. The molecule has 2 aliphatic heterocycles. The van der Waals surface area contributed by atoms with Crippen LogP contribution in [0.3, 0.4) is 0 Å². The summed E-state index contributed by atoms with van der Waals surface area (Å²) in [5, 5.41) is 24.3. The molecule has 2 aromatic heterocycles. The van der Waals surface area contributed by atoms with E-state index < -0.39 is 84.9 Å². The lowest BCUT2D eigenvalue weighted by Crippen LogP contribution is -2.58. The monoisotopic (exact) mass is 1010 g/mol. The van der Waals surface area contributed by atoms with Crippen LogP contribution in [0.2, 0.25) is 0 Å². The molecule has 24 nitrogen and oxygen atoms in total. The van der Waals surface area contributed by atoms with Gasteiger partial charge in [0.15, 0.2) is 24.8 Å². The summed E-state index contributed by atoms with van der Waals surface area (Å²) >= 11 is 0. The second kappa shape index (κ2) is 25.2. The molecule has 0 aliphatic carbocycles. The molecule has 382 valence electrons. The Morgan fingerprint density at radius 2 is 0.878 bits per heavy atom. The van der Waals surface area contributed by atoms with Gasteiger partial charge in [0.2, 0.25) is 0 Å². The van der Waals surface area contributed by atoms with E-state index in [4.69, 9.17) is 43.4 Å². The molecule has 0 bridgehead atoms. The number of aryl methyl sites for hydroxylation is 2. The van der Waals surface area contributed by atoms with Crippen LogP contribution in [0.4, 0.5) is 0 Å². The van der Waals surface area contributed by atoms with E-state index in [0.29, 0.717) is 24.5 Å². The molecule has 24 heteroatoms. The molecule has 0 spiro atoms. The predicted molar refractivity (Wildman–Crippen MR) is 256 cm³/mol. The normalized spacial score (nSPS) is 23.3. The number of nitrogens with zero attached hydrogens (tertiary/aromatic N) is 12. The fraction of sp³-hybridized carbons (Fsp3) is 0.360. The van der Waals surface area contributed by atoms with Gasteiger partial charge >= 0.3 is 23.9 Å². The van der Waals surface area contributed by atoms with Gasteiger partial charge in [0.25, 0.3) is 0 Å². The maximum absolute atomic E-state index is 13.5. The van der Waals surface area contributed by atoms with Crippen LogP contribution in [-0.4, -0.2) is 116 Å². The van der Waals surface area contributed by atoms with Crippen LogP contribution in [-0.2, 0) is 64.2 Å². The van der Waals surface area contributed by atoms with Gasteiger partial charge < -0.3 is 37.9 Å². The Balaban J connectivity index is 0.909. The highest BCUT2D eigenvalue weighted by atomic mass is 16.7. The van der Waals surface area contributed by atoms with Gasteiger partial charge in [-0.2, -0.15) is 0 Å². The average Bonchev–Trinajstić information content (AvgIpc) is 4.11. The summed E-state index contributed by atoms with van der Waals surface area (Å²) in [6, 6.07) is 33.2. The highest BCUT2D eigenvalue weighted by Crippen LogP contribution is 2.35. The van der Waals surface area contributed by atoms with Gasteiger partial charge in [-0.15, -0.1) is 10.2 Å². The van der Waals surface area contributed by atoms with E-state index >= 15 is 0 Å². The fourth-order valence-corrected chi connectivity index (χ4v) is 8.24. The highest BCUT2D eigenvalue weighted by Gasteiger charge is 2.50. The van der Waals surface area contributed by atoms with Crippen molar-refractivity contribution in [2.45, 2.75) is 89.4 Å². The zero-order valence-electron chi connectivity index (χ0n) is 40.0. The Bertz CT molecular complexity index is 2920. The van der Waals surface area contributed by atoms with E-state index in [1.807, 2.05) is 0 Å². The number of carbonyl (C=O) groups is 4. The molecule has 74 heavy (non-hydrogen) atoms. The largest absolute Gasteiger partial charge is 0.454 e. The smallest absolute Gasteiger partial charge is 0.338 e. The van der Waals surface area contributed by atoms with Crippen molar-refractivity contribution in [3.63, 3.8) is 0 Å². The molecule has 6 aromatic rings. The van der Waals surface area contributed by atoms with Gasteiger partial charge in [-0.25, -0.2) is 19.2 Å². The lowest BCUT2D eigenvalue weighted by atomic mass is 9.90. The third kappa shape index (κ3) is 13.3. The Labute approximate surface area is 422 Å². The molecule has 2 aliphatic rings. The topological polar surface area (TPSA) is 301 Å². The predicted octanol–water partition coefficient (Wildman–Crippen LogP) is 6.85. The summed E-state index contributed by atoms with van der Waals surface area (Å²) in [5.74, 6) is -4.06. The quantitative estimate of drug-likeness (QED) is 0.0234. The Hall–Kier alpha value is -8.50. The van der Waals surface area contributed by atoms with Crippen molar-refractivity contribution in [3.8, 4) is 0 Å². The Morgan fingerprint density at radius 1 is 0.514 bits per heavy atom. The number of hydrogen-bond donors (Lipinski definition) is 0. The SMILES string of the molecule is C[C@H]1[C@@H](OCc2cn(CCn3cc(CO[C@@H]4O[C@H](CN=[N+]=[N-])[C@@H](C)[C@H](OC(=O)c5ccccc5)[C@@H]4OC(=O)c4ccccc4)nn3)nn2)O[C@@H](CN=[N+]=[N-])[C@H](OC(=O)c2ccccc2)[C@H]1OC(=O)c1ccccc1. The number of carbonyl (C=O) groups excluding carboxylic acids is 4. The zero-order chi connectivity index (χ0) is 51.8. The van der Waals surface area contributed by atoms with Crippen molar-refractivity contribution in [1.29, 1.82) is 0 Å². The van der Waals surface area contributed by atoms with Crippen molar-refractivity contribution in [1.82, 2.24) is 30.0 Å².